The number of rotatable bonds is 0. The van der Waals surface area contributed by atoms with Crippen LogP contribution in [0.5, 0.6) is 0 Å². The molecule has 4 heteroatoms. The van der Waals surface area contributed by atoms with Crippen molar-refractivity contribution in [2.24, 2.45) is 0 Å². The molecule has 0 aromatic rings. The zero-order valence-corrected chi connectivity index (χ0v) is 15.8. The Morgan fingerprint density at radius 1 is 1.00 bits per heavy atom. The van der Waals surface area contributed by atoms with Crippen molar-refractivity contribution in [3.05, 3.63) is 0 Å². The molecule has 0 atom stereocenters. The average Bonchev–Trinajstić information content (AvgIpc) is 0. The van der Waals surface area contributed by atoms with E-state index in [2.05, 4.69) is 0 Å². The number of hydrogen-bond acceptors (Lipinski definition) is 0. The molecular weight excluding hydrogens is 493 g/mol. The summed E-state index contributed by atoms with van der Waals surface area (Å²) in [5.74, 6) is 0. The zero-order valence-electron chi connectivity index (χ0n) is 3.52. The second-order valence-corrected chi connectivity index (χ2v) is 0. The standard InChI is InChI=1S/Hg.2HI.K.H/h;2*1H;;/q;;;+1;-1. The van der Waals surface area contributed by atoms with Gasteiger partial charge in [-0.25, -0.2) is 0 Å². The molecule has 0 aromatic carbocycles. The summed E-state index contributed by atoms with van der Waals surface area (Å²) in [6.07, 6.45) is 0. The van der Waals surface area contributed by atoms with Crippen LogP contribution in [0.15, 0.2) is 0 Å². The van der Waals surface area contributed by atoms with Gasteiger partial charge in [0.05, 0.1) is 0 Å². The molecule has 0 bridgehead atoms. The maximum absolute atomic E-state index is 0. The van der Waals surface area contributed by atoms with Crippen molar-refractivity contribution in [1.82, 2.24) is 0 Å². The Hall–Kier alpha value is 4.03. The van der Waals surface area contributed by atoms with Crippen molar-refractivity contribution in [2.45, 2.75) is 0 Å². The molecule has 0 saturated heterocycles. The molecule has 0 aliphatic carbocycles. The van der Waals surface area contributed by atoms with Crippen molar-refractivity contribution in [3.8, 4) is 0 Å². The summed E-state index contributed by atoms with van der Waals surface area (Å²) >= 11 is 0. The molecule has 0 heterocycles. The van der Waals surface area contributed by atoms with Crippen LogP contribution in [-0.2, 0) is 27.7 Å². The van der Waals surface area contributed by atoms with Gasteiger partial charge in [0.2, 0.25) is 0 Å². The Kier molecular flexibility index (Phi) is 96.1. The first-order valence-corrected chi connectivity index (χ1v) is 0. The molecule has 0 aromatic heterocycles. The van der Waals surface area contributed by atoms with Crippen LogP contribution in [-0.4, -0.2) is 0 Å². The molecule has 0 fully saturated rings. The summed E-state index contributed by atoms with van der Waals surface area (Å²) in [4.78, 5) is 0. The predicted molar refractivity (Wildman–Crippen MR) is 31.9 cm³/mol. The summed E-state index contributed by atoms with van der Waals surface area (Å²) < 4.78 is 0. The third-order valence-corrected chi connectivity index (χ3v) is 0. The van der Waals surface area contributed by atoms with E-state index >= 15 is 0 Å². The fourth-order valence-electron chi connectivity index (χ4n) is 0. The van der Waals surface area contributed by atoms with Gasteiger partial charge in [-0.1, -0.05) is 0 Å². The van der Waals surface area contributed by atoms with E-state index in [9.17, 15) is 0 Å². The molecule has 0 aliphatic rings. The molecule has 0 N–H and O–H groups in total. The van der Waals surface area contributed by atoms with E-state index in [-0.39, 0.29) is 128 Å². The number of hydrogen-bond donors (Lipinski definition) is 0. The van der Waals surface area contributed by atoms with Crippen LogP contribution in [0.2, 0.25) is 0 Å². The third-order valence-electron chi connectivity index (χ3n) is 0. The van der Waals surface area contributed by atoms with Gasteiger partial charge in [0.1, 0.15) is 0 Å². The molecule has 20 valence electrons. The van der Waals surface area contributed by atoms with Gasteiger partial charge in [0.15, 0.2) is 0 Å². The van der Waals surface area contributed by atoms with Crippen molar-refractivity contribution < 1.29 is 80.5 Å². The summed E-state index contributed by atoms with van der Waals surface area (Å²) in [6, 6.07) is 0. The van der Waals surface area contributed by atoms with Gasteiger partial charge >= 0.3 is 51.4 Å². The molecule has 0 radical (unpaired) electrons. The van der Waals surface area contributed by atoms with Crippen molar-refractivity contribution in [3.63, 3.8) is 0 Å². The average molecular weight is 497 g/mol. The van der Waals surface area contributed by atoms with Crippen molar-refractivity contribution >= 4 is 48.0 Å². The van der Waals surface area contributed by atoms with E-state index in [1.165, 1.54) is 0 Å². The molecule has 0 nitrogen and oxygen atoms in total. The first kappa shape index (κ1) is 24.4. The van der Waals surface area contributed by atoms with Gasteiger partial charge in [0, 0.05) is 27.7 Å². The quantitative estimate of drug-likeness (QED) is 0.279. The van der Waals surface area contributed by atoms with E-state index in [0.717, 1.165) is 0 Å². The molecule has 0 rings (SSSR count). The van der Waals surface area contributed by atoms with E-state index in [1.807, 2.05) is 0 Å². The molecular formula is H3HgI2K. The van der Waals surface area contributed by atoms with Gasteiger partial charge in [-0.05, 0) is 0 Å². The fourth-order valence-corrected chi connectivity index (χ4v) is 0. The topological polar surface area (TPSA) is 0 Å². The minimum absolute atomic E-state index is 0. The third kappa shape index (κ3) is 9.39. The number of halogens is 2. The second-order valence-electron chi connectivity index (χ2n) is 0. The van der Waals surface area contributed by atoms with Crippen molar-refractivity contribution in [2.75, 3.05) is 0 Å². The molecule has 0 unspecified atom stereocenters. The Labute approximate surface area is 125 Å². The minimum Gasteiger partial charge on any atom is -1.00 e. The Morgan fingerprint density at radius 2 is 1.00 bits per heavy atom. The van der Waals surface area contributed by atoms with Crippen LogP contribution in [0.4, 0.5) is 0 Å². The van der Waals surface area contributed by atoms with Crippen LogP contribution in [0.3, 0.4) is 0 Å². The van der Waals surface area contributed by atoms with Gasteiger partial charge < -0.3 is 1.43 Å². The Balaban J connectivity index is 0. The largest absolute Gasteiger partial charge is 1.00 e. The van der Waals surface area contributed by atoms with Gasteiger partial charge in [-0.2, -0.15) is 0 Å². The summed E-state index contributed by atoms with van der Waals surface area (Å²) in [5, 5.41) is 0. The van der Waals surface area contributed by atoms with Crippen LogP contribution in [0.25, 0.3) is 0 Å². The van der Waals surface area contributed by atoms with Crippen LogP contribution < -0.4 is 51.4 Å². The van der Waals surface area contributed by atoms with E-state index in [4.69, 9.17) is 0 Å². The van der Waals surface area contributed by atoms with Gasteiger partial charge in [-0.3, -0.25) is 0 Å². The second kappa shape index (κ2) is 15.7. The Bertz CT molecular complexity index is 9.61. The molecule has 0 amide bonds. The zero-order chi connectivity index (χ0) is 0. The predicted octanol–water partition coefficient (Wildman–Crippen LogP) is -1.65. The Morgan fingerprint density at radius 3 is 1.00 bits per heavy atom. The summed E-state index contributed by atoms with van der Waals surface area (Å²) in [6.45, 7) is 0. The first-order valence-electron chi connectivity index (χ1n) is 0. The van der Waals surface area contributed by atoms with E-state index in [0.29, 0.717) is 0 Å². The SMILES string of the molecule is I.I.[H-].[Hg].[K+]. The summed E-state index contributed by atoms with van der Waals surface area (Å²) in [5.41, 5.74) is 0. The van der Waals surface area contributed by atoms with Crippen LogP contribution in [0.1, 0.15) is 1.43 Å². The maximum atomic E-state index is 0. The van der Waals surface area contributed by atoms with Crippen molar-refractivity contribution in [1.29, 1.82) is 0 Å². The molecule has 0 spiro atoms. The smallest absolute Gasteiger partial charge is 1.00 e. The normalized spacial score (nSPS) is 0. The van der Waals surface area contributed by atoms with Crippen LogP contribution in [0, 0.1) is 0 Å². The van der Waals surface area contributed by atoms with E-state index < -0.39 is 0 Å². The summed E-state index contributed by atoms with van der Waals surface area (Å²) in [7, 11) is 0. The fraction of sp³-hybridized carbons (Fsp3) is 0. The van der Waals surface area contributed by atoms with Gasteiger partial charge in [0.25, 0.3) is 0 Å². The van der Waals surface area contributed by atoms with Gasteiger partial charge in [-0.15, -0.1) is 48.0 Å². The van der Waals surface area contributed by atoms with E-state index in [1.54, 1.807) is 0 Å². The minimum atomic E-state index is 0. The monoisotopic (exact) mass is 498 g/mol. The molecule has 0 aliphatic heterocycles. The van der Waals surface area contributed by atoms with Crippen LogP contribution >= 0.6 is 48.0 Å². The molecule has 0 saturated carbocycles. The first-order chi connectivity index (χ1) is 0. The molecule has 4 heavy (non-hydrogen) atoms. The maximum Gasteiger partial charge on any atom is 1.00 e.